The third-order valence-electron chi connectivity index (χ3n) is 1.91. The van der Waals surface area contributed by atoms with Gasteiger partial charge in [-0.25, -0.2) is 4.79 Å². The Balaban J connectivity index is 2.30. The van der Waals surface area contributed by atoms with Gasteiger partial charge in [0.15, 0.2) is 0 Å². The second-order valence-electron chi connectivity index (χ2n) is 3.23. The number of hydrogen-bond donors (Lipinski definition) is 1. The number of H-pyrrole nitrogens is 1. The molecular formula is C11H10N2O2. The minimum atomic E-state index is -0.478. The fraction of sp³-hybridized carbons (Fsp3) is 0.0909. The number of aromatic nitrogens is 2. The smallest absolute Gasteiger partial charge is 0.340 e. The number of benzene rings is 1. The zero-order valence-corrected chi connectivity index (χ0v) is 8.28. The van der Waals surface area contributed by atoms with E-state index in [0.29, 0.717) is 5.57 Å². The van der Waals surface area contributed by atoms with Gasteiger partial charge in [-0.05, 0) is 19.1 Å². The van der Waals surface area contributed by atoms with Crippen molar-refractivity contribution in [1.82, 2.24) is 9.97 Å². The SMILES string of the molecule is C=C(C)C(=O)Oc1nc2ccccc2[nH]1. The zero-order valence-electron chi connectivity index (χ0n) is 8.28. The summed E-state index contributed by atoms with van der Waals surface area (Å²) < 4.78 is 4.96. The highest BCUT2D eigenvalue weighted by molar-refractivity contribution is 5.88. The number of para-hydroxylation sites is 2. The molecule has 0 aliphatic heterocycles. The van der Waals surface area contributed by atoms with Gasteiger partial charge < -0.3 is 9.72 Å². The molecule has 1 aromatic heterocycles. The van der Waals surface area contributed by atoms with E-state index < -0.39 is 5.97 Å². The summed E-state index contributed by atoms with van der Waals surface area (Å²) in [6.07, 6.45) is 0. The predicted octanol–water partition coefficient (Wildman–Crippen LogP) is 2.04. The van der Waals surface area contributed by atoms with E-state index in [9.17, 15) is 4.79 Å². The minimum Gasteiger partial charge on any atom is -0.389 e. The van der Waals surface area contributed by atoms with Gasteiger partial charge in [0.2, 0.25) is 0 Å². The summed E-state index contributed by atoms with van der Waals surface area (Å²) in [6.45, 7) is 5.08. The number of rotatable bonds is 2. The standard InChI is InChI=1S/C11H10N2O2/c1-7(2)10(14)15-11-12-8-5-3-4-6-9(8)13-11/h3-6H,1H2,2H3,(H,12,13). The zero-order chi connectivity index (χ0) is 10.8. The van der Waals surface area contributed by atoms with Gasteiger partial charge in [-0.15, -0.1) is 0 Å². The van der Waals surface area contributed by atoms with E-state index in [1.165, 1.54) is 0 Å². The van der Waals surface area contributed by atoms with Crippen LogP contribution in [0.5, 0.6) is 6.01 Å². The Kier molecular flexibility index (Phi) is 2.25. The van der Waals surface area contributed by atoms with E-state index in [1.807, 2.05) is 24.3 Å². The van der Waals surface area contributed by atoms with Gasteiger partial charge in [0.25, 0.3) is 0 Å². The van der Waals surface area contributed by atoms with E-state index in [-0.39, 0.29) is 6.01 Å². The lowest BCUT2D eigenvalue weighted by Gasteiger charge is -1.97. The number of carbonyl (C=O) groups excluding carboxylic acids is 1. The fourth-order valence-corrected chi connectivity index (χ4v) is 1.15. The summed E-state index contributed by atoms with van der Waals surface area (Å²) in [5.74, 6) is -0.478. The van der Waals surface area contributed by atoms with Gasteiger partial charge >= 0.3 is 12.0 Å². The van der Waals surface area contributed by atoms with E-state index in [2.05, 4.69) is 16.5 Å². The quantitative estimate of drug-likeness (QED) is 0.599. The molecular weight excluding hydrogens is 192 g/mol. The highest BCUT2D eigenvalue weighted by Gasteiger charge is 2.08. The monoisotopic (exact) mass is 202 g/mol. The molecule has 0 aliphatic carbocycles. The third kappa shape index (κ3) is 1.88. The Labute approximate surface area is 86.6 Å². The molecule has 1 aromatic carbocycles. The van der Waals surface area contributed by atoms with Crippen LogP contribution in [0.25, 0.3) is 11.0 Å². The van der Waals surface area contributed by atoms with E-state index in [1.54, 1.807) is 6.92 Å². The molecule has 2 aromatic rings. The summed E-state index contributed by atoms with van der Waals surface area (Å²) in [7, 11) is 0. The molecule has 2 rings (SSSR count). The summed E-state index contributed by atoms with van der Waals surface area (Å²) >= 11 is 0. The lowest BCUT2D eigenvalue weighted by atomic mass is 10.3. The van der Waals surface area contributed by atoms with Crippen molar-refractivity contribution in [2.75, 3.05) is 0 Å². The normalized spacial score (nSPS) is 10.2. The largest absolute Gasteiger partial charge is 0.389 e. The molecule has 0 aliphatic rings. The molecule has 15 heavy (non-hydrogen) atoms. The molecule has 0 spiro atoms. The number of carbonyl (C=O) groups is 1. The second kappa shape index (κ2) is 3.57. The molecule has 4 nitrogen and oxygen atoms in total. The number of hydrogen-bond acceptors (Lipinski definition) is 3. The van der Waals surface area contributed by atoms with Gasteiger partial charge in [0, 0.05) is 5.57 Å². The topological polar surface area (TPSA) is 55.0 Å². The first-order valence-corrected chi connectivity index (χ1v) is 4.49. The van der Waals surface area contributed by atoms with Crippen molar-refractivity contribution < 1.29 is 9.53 Å². The maximum atomic E-state index is 11.2. The Morgan fingerprint density at radius 2 is 2.20 bits per heavy atom. The maximum absolute atomic E-state index is 11.2. The average Bonchev–Trinajstić information content (AvgIpc) is 2.59. The number of aromatic amines is 1. The predicted molar refractivity (Wildman–Crippen MR) is 56.5 cm³/mol. The number of nitrogens with zero attached hydrogens (tertiary/aromatic N) is 1. The van der Waals surface area contributed by atoms with Crippen LogP contribution in [0.15, 0.2) is 36.4 Å². The first kappa shape index (κ1) is 9.45. The van der Waals surface area contributed by atoms with Crippen LogP contribution in [0.3, 0.4) is 0 Å². The van der Waals surface area contributed by atoms with Crippen molar-refractivity contribution in [2.24, 2.45) is 0 Å². The molecule has 0 saturated heterocycles. The van der Waals surface area contributed by atoms with Crippen LogP contribution in [0.4, 0.5) is 0 Å². The summed E-state index contributed by atoms with van der Waals surface area (Å²) in [5, 5.41) is 0. The Hall–Kier alpha value is -2.10. The highest BCUT2D eigenvalue weighted by atomic mass is 16.5. The molecule has 0 atom stereocenters. The van der Waals surface area contributed by atoms with Crippen molar-refractivity contribution in [3.8, 4) is 6.01 Å². The molecule has 1 N–H and O–H groups in total. The van der Waals surface area contributed by atoms with Gasteiger partial charge in [0.1, 0.15) is 0 Å². The Morgan fingerprint density at radius 1 is 1.47 bits per heavy atom. The minimum absolute atomic E-state index is 0.198. The van der Waals surface area contributed by atoms with Crippen LogP contribution in [0.2, 0.25) is 0 Å². The highest BCUT2D eigenvalue weighted by Crippen LogP contribution is 2.15. The third-order valence-corrected chi connectivity index (χ3v) is 1.91. The van der Waals surface area contributed by atoms with Gasteiger partial charge in [-0.2, -0.15) is 4.98 Å². The maximum Gasteiger partial charge on any atom is 0.340 e. The Morgan fingerprint density at radius 3 is 2.87 bits per heavy atom. The van der Waals surface area contributed by atoms with Crippen molar-refractivity contribution >= 4 is 17.0 Å². The van der Waals surface area contributed by atoms with Crippen LogP contribution in [0.1, 0.15) is 6.92 Å². The molecule has 1 heterocycles. The van der Waals surface area contributed by atoms with Crippen LogP contribution >= 0.6 is 0 Å². The van der Waals surface area contributed by atoms with Crippen LogP contribution in [0, 0.1) is 0 Å². The number of esters is 1. The lowest BCUT2D eigenvalue weighted by molar-refractivity contribution is -0.130. The van der Waals surface area contributed by atoms with Gasteiger partial charge in [-0.1, -0.05) is 18.7 Å². The number of ether oxygens (including phenoxy) is 1. The van der Waals surface area contributed by atoms with E-state index >= 15 is 0 Å². The van der Waals surface area contributed by atoms with Crippen LogP contribution in [-0.2, 0) is 4.79 Å². The average molecular weight is 202 g/mol. The number of fused-ring (bicyclic) bond motifs is 1. The van der Waals surface area contributed by atoms with Gasteiger partial charge in [0.05, 0.1) is 11.0 Å². The summed E-state index contributed by atoms with van der Waals surface area (Å²) in [5.41, 5.74) is 1.94. The second-order valence-corrected chi connectivity index (χ2v) is 3.23. The van der Waals surface area contributed by atoms with Crippen molar-refractivity contribution in [3.63, 3.8) is 0 Å². The van der Waals surface area contributed by atoms with Gasteiger partial charge in [-0.3, -0.25) is 0 Å². The fourth-order valence-electron chi connectivity index (χ4n) is 1.15. The molecule has 76 valence electrons. The van der Waals surface area contributed by atoms with Crippen molar-refractivity contribution in [1.29, 1.82) is 0 Å². The first-order valence-electron chi connectivity index (χ1n) is 4.49. The summed E-state index contributed by atoms with van der Waals surface area (Å²) in [6, 6.07) is 7.65. The molecule has 0 fully saturated rings. The number of imidazole rings is 1. The Bertz CT molecular complexity index is 495. The van der Waals surface area contributed by atoms with Crippen LogP contribution in [-0.4, -0.2) is 15.9 Å². The van der Waals surface area contributed by atoms with E-state index in [0.717, 1.165) is 11.0 Å². The first-order chi connectivity index (χ1) is 7.16. The van der Waals surface area contributed by atoms with Crippen LogP contribution < -0.4 is 4.74 Å². The molecule has 0 amide bonds. The molecule has 4 heteroatoms. The van der Waals surface area contributed by atoms with Crippen molar-refractivity contribution in [2.45, 2.75) is 6.92 Å². The summed E-state index contributed by atoms with van der Waals surface area (Å²) in [4.78, 5) is 18.2. The molecule has 0 saturated carbocycles. The molecule has 0 unspecified atom stereocenters. The molecule has 0 radical (unpaired) electrons. The van der Waals surface area contributed by atoms with E-state index in [4.69, 9.17) is 4.74 Å². The molecule has 0 bridgehead atoms. The number of nitrogens with one attached hydrogen (secondary N) is 1. The van der Waals surface area contributed by atoms with Crippen molar-refractivity contribution in [3.05, 3.63) is 36.4 Å². The lowest BCUT2D eigenvalue weighted by Crippen LogP contribution is -2.08.